The van der Waals surface area contributed by atoms with Crippen molar-refractivity contribution < 1.29 is 5.11 Å². The van der Waals surface area contributed by atoms with Gasteiger partial charge in [0.05, 0.1) is 0 Å². The Morgan fingerprint density at radius 2 is 1.86 bits per heavy atom. The third-order valence-electron chi connectivity index (χ3n) is 1.13. The molecule has 0 bridgehead atoms. The summed E-state index contributed by atoms with van der Waals surface area (Å²) in [4.78, 5) is 0. The third kappa shape index (κ3) is 2.26. The van der Waals surface area contributed by atoms with Crippen LogP contribution in [-0.2, 0) is 5.11 Å². The molecular formula is C6H11O. The first-order chi connectivity index (χ1) is 3.18. The van der Waals surface area contributed by atoms with Crippen molar-refractivity contribution in [1.82, 2.24) is 0 Å². The molecule has 0 aliphatic heterocycles. The minimum absolute atomic E-state index is 0.211. The highest BCUT2D eigenvalue weighted by atomic mass is 16.3. The van der Waals surface area contributed by atoms with Gasteiger partial charge in [0.15, 0.2) is 5.76 Å². The fraction of sp³-hybridized carbons (Fsp3) is 0.667. The van der Waals surface area contributed by atoms with E-state index >= 15 is 0 Å². The van der Waals surface area contributed by atoms with Crippen LogP contribution >= 0.6 is 0 Å². The summed E-state index contributed by atoms with van der Waals surface area (Å²) in [6.07, 6.45) is 0.884. The van der Waals surface area contributed by atoms with Gasteiger partial charge in [-0.1, -0.05) is 6.92 Å². The van der Waals surface area contributed by atoms with Gasteiger partial charge in [-0.25, -0.2) is 0 Å². The predicted molar refractivity (Wildman–Crippen MR) is 29.4 cm³/mol. The molecule has 0 aliphatic carbocycles. The first-order valence-electron chi connectivity index (χ1n) is 2.51. The lowest BCUT2D eigenvalue weighted by Gasteiger charge is -1.89. The van der Waals surface area contributed by atoms with Gasteiger partial charge in [0.2, 0.25) is 0 Å². The van der Waals surface area contributed by atoms with Crippen LogP contribution in [0.3, 0.4) is 0 Å². The van der Waals surface area contributed by atoms with Crippen molar-refractivity contribution >= 4 is 0 Å². The Balaban J connectivity index is 3.72. The monoisotopic (exact) mass is 99.1 g/mol. The van der Waals surface area contributed by atoms with Crippen molar-refractivity contribution in [2.24, 2.45) is 0 Å². The van der Waals surface area contributed by atoms with Crippen LogP contribution in [0, 0.1) is 0 Å². The molecule has 0 unspecified atom stereocenters. The summed E-state index contributed by atoms with van der Waals surface area (Å²) in [6.45, 7) is 5.44. The van der Waals surface area contributed by atoms with Crippen LogP contribution in [0.15, 0.2) is 11.3 Å². The molecule has 0 amide bonds. The maximum absolute atomic E-state index is 10.3. The number of allylic oxidation sites excluding steroid dienone is 2. The molecule has 41 valence electrons. The molecule has 0 aromatic heterocycles. The van der Waals surface area contributed by atoms with Gasteiger partial charge in [0, 0.05) is 0 Å². The number of hydrogen-bond donors (Lipinski definition) is 0. The summed E-state index contributed by atoms with van der Waals surface area (Å²) in [7, 11) is 0. The summed E-state index contributed by atoms with van der Waals surface area (Å²) in [6, 6.07) is 0. The van der Waals surface area contributed by atoms with Crippen molar-refractivity contribution in [2.75, 3.05) is 0 Å². The van der Waals surface area contributed by atoms with Gasteiger partial charge in [-0.15, -0.1) is 0 Å². The zero-order valence-electron chi connectivity index (χ0n) is 5.12. The van der Waals surface area contributed by atoms with Gasteiger partial charge in [-0.3, -0.25) is 5.11 Å². The van der Waals surface area contributed by atoms with E-state index in [0.29, 0.717) is 0 Å². The zero-order valence-corrected chi connectivity index (χ0v) is 5.12. The maximum Gasteiger partial charge on any atom is 0.151 e. The van der Waals surface area contributed by atoms with E-state index in [0.717, 1.165) is 12.0 Å². The van der Waals surface area contributed by atoms with Crippen molar-refractivity contribution in [1.29, 1.82) is 0 Å². The molecule has 7 heavy (non-hydrogen) atoms. The van der Waals surface area contributed by atoms with Crippen molar-refractivity contribution in [3.05, 3.63) is 11.3 Å². The van der Waals surface area contributed by atoms with Crippen molar-refractivity contribution in [2.45, 2.75) is 27.2 Å². The zero-order chi connectivity index (χ0) is 5.86. The second kappa shape index (κ2) is 2.67. The fourth-order valence-corrected chi connectivity index (χ4v) is 0.249. The van der Waals surface area contributed by atoms with E-state index < -0.39 is 0 Å². The van der Waals surface area contributed by atoms with Crippen LogP contribution in [0.25, 0.3) is 0 Å². The highest BCUT2D eigenvalue weighted by Gasteiger charge is 1.88. The van der Waals surface area contributed by atoms with E-state index in [1.807, 2.05) is 13.8 Å². The lowest BCUT2D eigenvalue weighted by molar-refractivity contribution is 0.293. The van der Waals surface area contributed by atoms with Crippen LogP contribution in [-0.4, -0.2) is 0 Å². The molecule has 0 saturated heterocycles. The number of rotatable bonds is 1. The first kappa shape index (κ1) is 6.54. The van der Waals surface area contributed by atoms with E-state index in [4.69, 9.17) is 0 Å². The van der Waals surface area contributed by atoms with Crippen molar-refractivity contribution in [3.63, 3.8) is 0 Å². The van der Waals surface area contributed by atoms with E-state index in [1.165, 1.54) is 0 Å². The quantitative estimate of drug-likeness (QED) is 0.449. The van der Waals surface area contributed by atoms with Crippen LogP contribution < -0.4 is 0 Å². The minimum Gasteiger partial charge on any atom is -0.295 e. The van der Waals surface area contributed by atoms with Gasteiger partial charge in [-0.05, 0) is 25.8 Å². The summed E-state index contributed by atoms with van der Waals surface area (Å²) in [5, 5.41) is 10.3. The molecule has 1 heteroatoms. The molecule has 0 aromatic carbocycles. The van der Waals surface area contributed by atoms with E-state index in [-0.39, 0.29) is 5.76 Å². The molecule has 0 rings (SSSR count). The van der Waals surface area contributed by atoms with Crippen LogP contribution in [0.2, 0.25) is 0 Å². The van der Waals surface area contributed by atoms with E-state index in [2.05, 4.69) is 0 Å². The second-order valence-electron chi connectivity index (χ2n) is 1.69. The summed E-state index contributed by atoms with van der Waals surface area (Å²) < 4.78 is 0. The summed E-state index contributed by atoms with van der Waals surface area (Å²) in [5.41, 5.74) is 0.958. The smallest absolute Gasteiger partial charge is 0.151 e. The average Bonchev–Trinajstić information content (AvgIpc) is 1.65. The largest absolute Gasteiger partial charge is 0.295 e. The predicted octanol–water partition coefficient (Wildman–Crippen LogP) is 2.12. The standard InChI is InChI=1S/C6H11O/c1-4-5(2)6(3)7/h4H2,1-3H3. The maximum atomic E-state index is 10.3. The Morgan fingerprint density at radius 3 is 1.86 bits per heavy atom. The van der Waals surface area contributed by atoms with Crippen LogP contribution in [0.1, 0.15) is 27.2 Å². The van der Waals surface area contributed by atoms with Gasteiger partial charge in [0.1, 0.15) is 0 Å². The van der Waals surface area contributed by atoms with Crippen LogP contribution in [0.5, 0.6) is 0 Å². The summed E-state index contributed by atoms with van der Waals surface area (Å²) >= 11 is 0. The molecule has 1 radical (unpaired) electrons. The van der Waals surface area contributed by atoms with Gasteiger partial charge in [0.25, 0.3) is 0 Å². The molecule has 1 nitrogen and oxygen atoms in total. The Bertz CT molecular complexity index is 78.2. The van der Waals surface area contributed by atoms with Gasteiger partial charge >= 0.3 is 0 Å². The molecule has 0 saturated carbocycles. The topological polar surface area (TPSA) is 19.9 Å². The van der Waals surface area contributed by atoms with Gasteiger partial charge in [-0.2, -0.15) is 0 Å². The Morgan fingerprint density at radius 1 is 1.43 bits per heavy atom. The highest BCUT2D eigenvalue weighted by molar-refractivity contribution is 4.99. The molecule has 0 heterocycles. The summed E-state index contributed by atoms with van der Waals surface area (Å²) in [5.74, 6) is 0.211. The Labute approximate surface area is 44.7 Å². The first-order valence-corrected chi connectivity index (χ1v) is 2.51. The van der Waals surface area contributed by atoms with E-state index in [9.17, 15) is 5.11 Å². The SMILES string of the molecule is CCC(C)=C(C)[O]. The highest BCUT2D eigenvalue weighted by Crippen LogP contribution is 2.02. The molecule has 0 N–H and O–H groups in total. The second-order valence-corrected chi connectivity index (χ2v) is 1.69. The van der Waals surface area contributed by atoms with Crippen molar-refractivity contribution in [3.8, 4) is 0 Å². The lowest BCUT2D eigenvalue weighted by atomic mass is 10.2. The number of hydrogen-bond acceptors (Lipinski definition) is 0. The molecule has 0 aliphatic rings. The Hall–Kier alpha value is -0.460. The Kier molecular flexibility index (Phi) is 2.49. The fourth-order valence-electron chi connectivity index (χ4n) is 0.249. The molecule has 0 spiro atoms. The molecule has 0 aromatic rings. The average molecular weight is 99.2 g/mol. The van der Waals surface area contributed by atoms with Gasteiger partial charge < -0.3 is 0 Å². The normalized spacial score (nSPS) is 13.6. The molecular weight excluding hydrogens is 88.1 g/mol. The molecule has 0 fully saturated rings. The minimum atomic E-state index is 0.211. The van der Waals surface area contributed by atoms with Crippen LogP contribution in [0.4, 0.5) is 0 Å². The van der Waals surface area contributed by atoms with E-state index in [1.54, 1.807) is 6.92 Å². The third-order valence-corrected chi connectivity index (χ3v) is 1.13. The molecule has 0 atom stereocenters. The lowest BCUT2D eigenvalue weighted by Crippen LogP contribution is -1.75.